The lowest BCUT2D eigenvalue weighted by atomic mass is 9.94. The molecule has 0 saturated carbocycles. The Labute approximate surface area is 135 Å². The molecule has 0 N–H and O–H groups in total. The molecule has 2 aromatic heterocycles. The van der Waals surface area contributed by atoms with Crippen molar-refractivity contribution >= 4 is 5.91 Å². The van der Waals surface area contributed by atoms with E-state index in [1.165, 1.54) is 0 Å². The van der Waals surface area contributed by atoms with Gasteiger partial charge < -0.3 is 9.32 Å². The van der Waals surface area contributed by atoms with Crippen LogP contribution in [0.4, 0.5) is 0 Å². The Morgan fingerprint density at radius 1 is 1.26 bits per heavy atom. The first-order valence-corrected chi connectivity index (χ1v) is 8.43. The minimum Gasteiger partial charge on any atom is -0.465 e. The van der Waals surface area contributed by atoms with Crippen LogP contribution in [0.15, 0.2) is 23.0 Å². The zero-order valence-electron chi connectivity index (χ0n) is 13.4. The molecule has 0 aromatic carbocycles. The van der Waals surface area contributed by atoms with Gasteiger partial charge >= 0.3 is 0 Å². The Morgan fingerprint density at radius 3 is 2.96 bits per heavy atom. The molecule has 3 heterocycles. The summed E-state index contributed by atoms with van der Waals surface area (Å²) in [5.41, 5.74) is 2.83. The highest BCUT2D eigenvalue weighted by Crippen LogP contribution is 2.35. The second-order valence-corrected chi connectivity index (χ2v) is 6.43. The van der Waals surface area contributed by atoms with Gasteiger partial charge in [0.2, 0.25) is 0 Å². The molecule has 5 heteroatoms. The highest BCUT2D eigenvalue weighted by molar-refractivity contribution is 5.97. The Kier molecular flexibility index (Phi) is 3.63. The van der Waals surface area contributed by atoms with Gasteiger partial charge in [0.05, 0.1) is 23.5 Å². The largest absolute Gasteiger partial charge is 0.465 e. The van der Waals surface area contributed by atoms with Crippen LogP contribution in [0.2, 0.25) is 0 Å². The summed E-state index contributed by atoms with van der Waals surface area (Å²) in [5, 5.41) is 0. The van der Waals surface area contributed by atoms with Crippen molar-refractivity contribution in [1.82, 2.24) is 14.9 Å². The molecule has 1 aliphatic heterocycles. The monoisotopic (exact) mass is 311 g/mol. The van der Waals surface area contributed by atoms with Crippen LogP contribution in [0.3, 0.4) is 0 Å². The molecule has 4 rings (SSSR count). The standard InChI is InChI=1S/C18H21N3O2/c1-12-17(13-5-2-3-7-16(13)23-12)18(22)21-10-4-6-15(21)14-11-19-8-9-20-14/h8-9,11,15H,2-7,10H2,1H3/t15-/m0/s1. The summed E-state index contributed by atoms with van der Waals surface area (Å²) in [6.45, 7) is 2.69. The third-order valence-corrected chi connectivity index (χ3v) is 5.00. The Balaban J connectivity index is 1.68. The second kappa shape index (κ2) is 5.80. The predicted molar refractivity (Wildman–Crippen MR) is 85.1 cm³/mol. The van der Waals surface area contributed by atoms with Crippen LogP contribution < -0.4 is 0 Å². The lowest BCUT2D eigenvalue weighted by molar-refractivity contribution is 0.0730. The molecular formula is C18H21N3O2. The Bertz CT molecular complexity index is 723. The summed E-state index contributed by atoms with van der Waals surface area (Å²) in [6.07, 6.45) is 11.3. The van der Waals surface area contributed by atoms with E-state index in [-0.39, 0.29) is 11.9 Å². The SMILES string of the molecule is Cc1oc2c(c1C(=O)N1CCC[C@H]1c1cnccn1)CCCC2. The normalized spacial score (nSPS) is 20.6. The molecule has 1 aliphatic carbocycles. The van der Waals surface area contributed by atoms with E-state index < -0.39 is 0 Å². The van der Waals surface area contributed by atoms with Crippen LogP contribution in [-0.2, 0) is 12.8 Å². The van der Waals surface area contributed by atoms with Crippen molar-refractivity contribution in [2.45, 2.75) is 51.5 Å². The first kappa shape index (κ1) is 14.4. The van der Waals surface area contributed by atoms with Gasteiger partial charge in [-0.1, -0.05) is 0 Å². The van der Waals surface area contributed by atoms with E-state index in [0.29, 0.717) is 0 Å². The summed E-state index contributed by atoms with van der Waals surface area (Å²) in [6, 6.07) is 0.0322. The van der Waals surface area contributed by atoms with Crippen molar-refractivity contribution in [2.75, 3.05) is 6.54 Å². The van der Waals surface area contributed by atoms with Crippen molar-refractivity contribution in [1.29, 1.82) is 0 Å². The molecule has 0 unspecified atom stereocenters. The van der Waals surface area contributed by atoms with Gasteiger partial charge in [-0.3, -0.25) is 14.8 Å². The number of aromatic nitrogens is 2. The van der Waals surface area contributed by atoms with Gasteiger partial charge in [0.15, 0.2) is 0 Å². The first-order valence-electron chi connectivity index (χ1n) is 8.43. The maximum Gasteiger partial charge on any atom is 0.258 e. The fourth-order valence-corrected chi connectivity index (χ4v) is 3.93. The first-order chi connectivity index (χ1) is 11.3. The van der Waals surface area contributed by atoms with Crippen molar-refractivity contribution in [3.8, 4) is 0 Å². The number of furan rings is 1. The Morgan fingerprint density at radius 2 is 2.13 bits per heavy atom. The predicted octanol–water partition coefficient (Wildman–Crippen LogP) is 3.23. The molecule has 2 aliphatic rings. The molecule has 0 radical (unpaired) electrons. The lowest BCUT2D eigenvalue weighted by Crippen LogP contribution is -2.32. The molecule has 1 atom stereocenters. The van der Waals surface area contributed by atoms with Gasteiger partial charge in [-0.15, -0.1) is 0 Å². The number of aryl methyl sites for hydroxylation is 2. The molecule has 23 heavy (non-hydrogen) atoms. The summed E-state index contributed by atoms with van der Waals surface area (Å²) in [7, 11) is 0. The van der Waals surface area contributed by atoms with Crippen LogP contribution in [0.1, 0.15) is 64.9 Å². The van der Waals surface area contributed by atoms with Crippen LogP contribution in [0.5, 0.6) is 0 Å². The zero-order chi connectivity index (χ0) is 15.8. The molecule has 1 amide bonds. The number of carbonyl (C=O) groups excluding carboxylic acids is 1. The minimum atomic E-state index is 0.0322. The number of hydrogen-bond acceptors (Lipinski definition) is 4. The third kappa shape index (κ3) is 2.44. The van der Waals surface area contributed by atoms with Gasteiger partial charge in [-0.25, -0.2) is 0 Å². The average Bonchev–Trinajstić information content (AvgIpc) is 3.18. The quantitative estimate of drug-likeness (QED) is 0.854. The van der Waals surface area contributed by atoms with Gasteiger partial charge in [0.1, 0.15) is 11.5 Å². The topological polar surface area (TPSA) is 59.2 Å². The maximum atomic E-state index is 13.2. The molecule has 2 aromatic rings. The molecule has 0 spiro atoms. The second-order valence-electron chi connectivity index (χ2n) is 6.43. The number of fused-ring (bicyclic) bond motifs is 1. The van der Waals surface area contributed by atoms with E-state index in [4.69, 9.17) is 4.42 Å². The molecule has 5 nitrogen and oxygen atoms in total. The van der Waals surface area contributed by atoms with E-state index in [9.17, 15) is 4.79 Å². The van der Waals surface area contributed by atoms with Crippen molar-refractivity contribution in [3.05, 3.63) is 46.9 Å². The summed E-state index contributed by atoms with van der Waals surface area (Å²) in [4.78, 5) is 23.7. The molecular weight excluding hydrogens is 290 g/mol. The maximum absolute atomic E-state index is 13.2. The number of likely N-dealkylation sites (tertiary alicyclic amines) is 1. The zero-order valence-corrected chi connectivity index (χ0v) is 13.4. The molecule has 0 bridgehead atoms. The van der Waals surface area contributed by atoms with Gasteiger partial charge in [-0.05, 0) is 39.0 Å². The fraction of sp³-hybridized carbons (Fsp3) is 0.500. The smallest absolute Gasteiger partial charge is 0.258 e. The number of carbonyl (C=O) groups is 1. The minimum absolute atomic E-state index is 0.0322. The fourth-order valence-electron chi connectivity index (χ4n) is 3.93. The van der Waals surface area contributed by atoms with E-state index in [1.807, 2.05) is 11.8 Å². The lowest BCUT2D eigenvalue weighted by Gasteiger charge is -2.24. The van der Waals surface area contributed by atoms with Gasteiger partial charge in [0, 0.05) is 30.9 Å². The third-order valence-electron chi connectivity index (χ3n) is 5.00. The molecule has 1 saturated heterocycles. The van der Waals surface area contributed by atoms with Gasteiger partial charge in [-0.2, -0.15) is 0 Å². The van der Waals surface area contributed by atoms with Crippen LogP contribution in [-0.4, -0.2) is 27.3 Å². The van der Waals surface area contributed by atoms with Crippen LogP contribution in [0.25, 0.3) is 0 Å². The summed E-state index contributed by atoms with van der Waals surface area (Å²) in [5.74, 6) is 1.89. The summed E-state index contributed by atoms with van der Waals surface area (Å²) < 4.78 is 5.88. The van der Waals surface area contributed by atoms with Crippen LogP contribution >= 0.6 is 0 Å². The van der Waals surface area contributed by atoms with Crippen molar-refractivity contribution in [3.63, 3.8) is 0 Å². The number of nitrogens with zero attached hydrogens (tertiary/aromatic N) is 3. The van der Waals surface area contributed by atoms with E-state index in [0.717, 1.165) is 73.4 Å². The molecule has 1 fully saturated rings. The van der Waals surface area contributed by atoms with Crippen molar-refractivity contribution < 1.29 is 9.21 Å². The van der Waals surface area contributed by atoms with E-state index in [1.54, 1.807) is 18.6 Å². The summed E-state index contributed by atoms with van der Waals surface area (Å²) >= 11 is 0. The van der Waals surface area contributed by atoms with Crippen LogP contribution in [0, 0.1) is 6.92 Å². The average molecular weight is 311 g/mol. The highest BCUT2D eigenvalue weighted by Gasteiger charge is 2.35. The van der Waals surface area contributed by atoms with E-state index >= 15 is 0 Å². The van der Waals surface area contributed by atoms with E-state index in [2.05, 4.69) is 9.97 Å². The number of hydrogen-bond donors (Lipinski definition) is 0. The Hall–Kier alpha value is -2.17. The van der Waals surface area contributed by atoms with Gasteiger partial charge in [0.25, 0.3) is 5.91 Å². The van der Waals surface area contributed by atoms with Crippen molar-refractivity contribution in [2.24, 2.45) is 0 Å². The molecule has 120 valence electrons. The number of amides is 1. The highest BCUT2D eigenvalue weighted by atomic mass is 16.3. The number of rotatable bonds is 2.